The number of amides is 1. The lowest BCUT2D eigenvalue weighted by atomic mass is 10.1. The second-order valence-electron chi connectivity index (χ2n) is 7.02. The minimum Gasteiger partial charge on any atom is -0.350 e. The lowest BCUT2D eigenvalue weighted by Crippen LogP contribution is -2.37. The van der Waals surface area contributed by atoms with Crippen molar-refractivity contribution in [3.05, 3.63) is 53.9 Å². The molecule has 0 bridgehead atoms. The fourth-order valence-corrected chi connectivity index (χ4v) is 3.56. The molecule has 2 heterocycles. The van der Waals surface area contributed by atoms with E-state index in [1.165, 1.54) is 18.4 Å². The first-order valence-corrected chi connectivity index (χ1v) is 9.19. The van der Waals surface area contributed by atoms with Gasteiger partial charge in [-0.3, -0.25) is 14.4 Å². The fraction of sp³-hybridized carbons (Fsp3) is 0.500. The zero-order chi connectivity index (χ0) is 17.6. The third-order valence-corrected chi connectivity index (χ3v) is 4.96. The van der Waals surface area contributed by atoms with Crippen LogP contribution in [0, 0.1) is 6.92 Å². The molecular formula is C20H28N4O. The number of benzene rings is 1. The zero-order valence-corrected chi connectivity index (χ0v) is 15.2. The van der Waals surface area contributed by atoms with Crippen LogP contribution in [0.4, 0.5) is 0 Å². The Hall–Kier alpha value is -2.14. The summed E-state index contributed by atoms with van der Waals surface area (Å²) in [7, 11) is 0. The molecule has 1 aliphatic heterocycles. The number of likely N-dealkylation sites (tertiary alicyclic amines) is 1. The Morgan fingerprint density at radius 3 is 2.88 bits per heavy atom. The maximum atomic E-state index is 12.3. The Morgan fingerprint density at radius 2 is 2.16 bits per heavy atom. The molecular weight excluding hydrogens is 312 g/mol. The van der Waals surface area contributed by atoms with E-state index >= 15 is 0 Å². The predicted octanol–water partition coefficient (Wildman–Crippen LogP) is 2.92. The van der Waals surface area contributed by atoms with Gasteiger partial charge in [-0.2, -0.15) is 5.10 Å². The Kier molecular flexibility index (Phi) is 5.87. The Bertz CT molecular complexity index is 682. The second kappa shape index (κ2) is 8.30. The number of rotatable bonds is 7. The molecule has 2 atom stereocenters. The molecule has 1 amide bonds. The smallest absolute Gasteiger partial charge is 0.221 e. The van der Waals surface area contributed by atoms with Crippen LogP contribution >= 0.6 is 0 Å². The molecule has 134 valence electrons. The first-order valence-electron chi connectivity index (χ1n) is 9.19. The molecule has 0 saturated carbocycles. The summed E-state index contributed by atoms with van der Waals surface area (Å²) in [6, 6.07) is 10.6. The van der Waals surface area contributed by atoms with Crippen LogP contribution in [0.1, 0.15) is 43.4 Å². The topological polar surface area (TPSA) is 50.2 Å². The molecule has 5 heteroatoms. The maximum absolute atomic E-state index is 12.3. The molecule has 1 saturated heterocycles. The van der Waals surface area contributed by atoms with Crippen molar-refractivity contribution in [2.75, 3.05) is 13.1 Å². The summed E-state index contributed by atoms with van der Waals surface area (Å²) in [4.78, 5) is 14.7. The highest BCUT2D eigenvalue weighted by molar-refractivity contribution is 5.76. The first-order chi connectivity index (χ1) is 12.1. The molecule has 25 heavy (non-hydrogen) atoms. The molecule has 0 radical (unpaired) electrons. The minimum atomic E-state index is 0.0510. The van der Waals surface area contributed by atoms with Gasteiger partial charge in [0, 0.05) is 25.2 Å². The molecule has 1 aromatic carbocycles. The highest BCUT2D eigenvalue weighted by atomic mass is 16.1. The van der Waals surface area contributed by atoms with Gasteiger partial charge in [-0.15, -0.1) is 0 Å². The molecule has 1 aliphatic rings. The Labute approximate surface area is 150 Å². The van der Waals surface area contributed by atoms with Gasteiger partial charge in [0.1, 0.15) is 0 Å². The number of nitrogens with zero attached hydrogens (tertiary/aromatic N) is 3. The molecule has 0 spiro atoms. The van der Waals surface area contributed by atoms with Gasteiger partial charge in [0.05, 0.1) is 18.8 Å². The number of carbonyl (C=O) groups is 1. The standard InChI is InChI=1S/C20H28N4O/c1-16-13-21-24(14-16)15-19-9-6-11-23(19)12-10-20(25)22-17(2)18-7-4-3-5-8-18/h3-5,7-8,13-14,17,19H,6,9-12,15H2,1-2H3,(H,22,25). The zero-order valence-electron chi connectivity index (χ0n) is 15.2. The van der Waals surface area contributed by atoms with E-state index in [1.54, 1.807) is 0 Å². The van der Waals surface area contributed by atoms with Crippen LogP contribution in [0.3, 0.4) is 0 Å². The summed E-state index contributed by atoms with van der Waals surface area (Å²) in [6.45, 7) is 6.90. The van der Waals surface area contributed by atoms with Crippen molar-refractivity contribution in [1.29, 1.82) is 0 Å². The van der Waals surface area contributed by atoms with Crippen molar-refractivity contribution < 1.29 is 4.79 Å². The molecule has 2 aromatic rings. The van der Waals surface area contributed by atoms with Crippen LogP contribution in [-0.2, 0) is 11.3 Å². The van der Waals surface area contributed by atoms with Crippen molar-refractivity contribution in [1.82, 2.24) is 20.0 Å². The average molecular weight is 340 g/mol. The van der Waals surface area contributed by atoms with Crippen LogP contribution in [0.5, 0.6) is 0 Å². The number of carbonyl (C=O) groups excluding carboxylic acids is 1. The fourth-order valence-electron chi connectivity index (χ4n) is 3.56. The predicted molar refractivity (Wildman–Crippen MR) is 99.2 cm³/mol. The van der Waals surface area contributed by atoms with Gasteiger partial charge in [-0.1, -0.05) is 30.3 Å². The Balaban J connectivity index is 1.46. The van der Waals surface area contributed by atoms with Crippen molar-refractivity contribution >= 4 is 5.91 Å². The first kappa shape index (κ1) is 17.7. The number of aryl methyl sites for hydroxylation is 1. The van der Waals surface area contributed by atoms with Crippen molar-refractivity contribution in [3.63, 3.8) is 0 Å². The molecule has 5 nitrogen and oxygen atoms in total. The molecule has 3 rings (SSSR count). The highest BCUT2D eigenvalue weighted by Gasteiger charge is 2.25. The van der Waals surface area contributed by atoms with Gasteiger partial charge in [-0.25, -0.2) is 0 Å². The lowest BCUT2D eigenvalue weighted by Gasteiger charge is -2.24. The summed E-state index contributed by atoms with van der Waals surface area (Å²) in [5, 5.41) is 7.50. The van der Waals surface area contributed by atoms with E-state index in [9.17, 15) is 4.79 Å². The van der Waals surface area contributed by atoms with Crippen LogP contribution < -0.4 is 5.32 Å². The lowest BCUT2D eigenvalue weighted by molar-refractivity contribution is -0.122. The monoisotopic (exact) mass is 340 g/mol. The van der Waals surface area contributed by atoms with E-state index < -0.39 is 0 Å². The number of hydrogen-bond donors (Lipinski definition) is 1. The van der Waals surface area contributed by atoms with Gasteiger partial charge >= 0.3 is 0 Å². The molecule has 1 aromatic heterocycles. The van der Waals surface area contributed by atoms with Crippen molar-refractivity contribution in [2.24, 2.45) is 0 Å². The van der Waals surface area contributed by atoms with Gasteiger partial charge in [0.25, 0.3) is 0 Å². The third-order valence-electron chi connectivity index (χ3n) is 4.96. The molecule has 1 fully saturated rings. The molecule has 1 N–H and O–H groups in total. The number of hydrogen-bond acceptors (Lipinski definition) is 3. The van der Waals surface area contributed by atoms with Gasteiger partial charge in [0.15, 0.2) is 0 Å². The summed E-state index contributed by atoms with van der Waals surface area (Å²) >= 11 is 0. The Morgan fingerprint density at radius 1 is 1.36 bits per heavy atom. The van der Waals surface area contributed by atoms with Crippen LogP contribution in [-0.4, -0.2) is 39.7 Å². The normalized spacial score (nSPS) is 19.0. The minimum absolute atomic E-state index is 0.0510. The van der Waals surface area contributed by atoms with Crippen molar-refractivity contribution in [3.8, 4) is 0 Å². The summed E-state index contributed by atoms with van der Waals surface area (Å²) < 4.78 is 2.02. The van der Waals surface area contributed by atoms with Crippen LogP contribution in [0.2, 0.25) is 0 Å². The maximum Gasteiger partial charge on any atom is 0.221 e. The summed E-state index contributed by atoms with van der Waals surface area (Å²) in [5.41, 5.74) is 2.34. The van der Waals surface area contributed by atoms with Gasteiger partial charge < -0.3 is 5.32 Å². The van der Waals surface area contributed by atoms with Crippen LogP contribution in [0.15, 0.2) is 42.7 Å². The summed E-state index contributed by atoms with van der Waals surface area (Å²) in [5.74, 6) is 0.122. The van der Waals surface area contributed by atoms with E-state index in [2.05, 4.69) is 28.4 Å². The quantitative estimate of drug-likeness (QED) is 0.843. The van der Waals surface area contributed by atoms with Crippen molar-refractivity contribution in [2.45, 2.75) is 51.7 Å². The average Bonchev–Trinajstić information content (AvgIpc) is 3.23. The number of aromatic nitrogens is 2. The van der Waals surface area contributed by atoms with E-state index in [1.807, 2.05) is 48.1 Å². The van der Waals surface area contributed by atoms with E-state index in [0.29, 0.717) is 12.5 Å². The molecule has 0 aliphatic carbocycles. The summed E-state index contributed by atoms with van der Waals surface area (Å²) in [6.07, 6.45) is 6.92. The highest BCUT2D eigenvalue weighted by Crippen LogP contribution is 2.19. The number of nitrogens with one attached hydrogen (secondary N) is 1. The SMILES string of the molecule is Cc1cnn(CC2CCCN2CCC(=O)NC(C)c2ccccc2)c1. The van der Waals surface area contributed by atoms with E-state index in [4.69, 9.17) is 0 Å². The third kappa shape index (κ3) is 4.92. The largest absolute Gasteiger partial charge is 0.350 e. The van der Waals surface area contributed by atoms with Gasteiger partial charge in [0.2, 0.25) is 5.91 Å². The second-order valence-corrected chi connectivity index (χ2v) is 7.02. The molecule has 2 unspecified atom stereocenters. The van der Waals surface area contributed by atoms with E-state index in [0.717, 1.165) is 25.2 Å². The van der Waals surface area contributed by atoms with E-state index in [-0.39, 0.29) is 11.9 Å². The van der Waals surface area contributed by atoms with Gasteiger partial charge in [-0.05, 0) is 44.4 Å². The van der Waals surface area contributed by atoms with Crippen LogP contribution in [0.25, 0.3) is 0 Å².